The lowest BCUT2D eigenvalue weighted by Crippen LogP contribution is -2.31. The Morgan fingerprint density at radius 3 is 2.56 bits per heavy atom. The van der Waals surface area contributed by atoms with Gasteiger partial charge >= 0.3 is 0 Å². The maximum Gasteiger partial charge on any atom is 0.269 e. The van der Waals surface area contributed by atoms with E-state index in [2.05, 4.69) is 43.0 Å². The first-order chi connectivity index (χ1) is 12.5. The summed E-state index contributed by atoms with van der Waals surface area (Å²) in [5.74, 6) is 1.48. The summed E-state index contributed by atoms with van der Waals surface area (Å²) in [6.45, 7) is 7.21. The lowest BCUT2D eigenvalue weighted by Gasteiger charge is -2.28. The summed E-state index contributed by atoms with van der Waals surface area (Å²) in [7, 11) is 0. The molecule has 0 unspecified atom stereocenters. The molecule has 0 amide bonds. The molecule has 5 nitrogen and oxygen atoms in total. The van der Waals surface area contributed by atoms with Crippen molar-refractivity contribution in [3.63, 3.8) is 0 Å². The quantitative estimate of drug-likeness (QED) is 0.468. The first kappa shape index (κ1) is 21.3. The van der Waals surface area contributed by atoms with Gasteiger partial charge in [-0.15, -0.1) is 12.4 Å². The van der Waals surface area contributed by atoms with Crippen LogP contribution in [0.15, 0.2) is 53.5 Å². The summed E-state index contributed by atoms with van der Waals surface area (Å²) in [4.78, 5) is 17.8. The Hall–Kier alpha value is -2.05. The zero-order chi connectivity index (χ0) is 18.7. The summed E-state index contributed by atoms with van der Waals surface area (Å²) >= 11 is 1.75. The van der Waals surface area contributed by atoms with Crippen LogP contribution in [0, 0.1) is 23.0 Å². The van der Waals surface area contributed by atoms with Crippen LogP contribution < -0.4 is 0 Å². The fraction of sp³-hybridized carbons (Fsp3) is 0.350. The van der Waals surface area contributed by atoms with Crippen molar-refractivity contribution in [3.8, 4) is 0 Å². The molecule has 2 aromatic rings. The molecule has 1 aliphatic heterocycles. The SMILES string of the molecule is Cc1cc([N+](=O)[O-])ccc1/N=C1\SC[C@H](c2ccccc2)N1CC(C)C.Cl. The molecule has 144 valence electrons. The highest BCUT2D eigenvalue weighted by molar-refractivity contribution is 8.14. The summed E-state index contributed by atoms with van der Waals surface area (Å²) in [6.07, 6.45) is 0. The third-order valence-corrected chi connectivity index (χ3v) is 5.41. The van der Waals surface area contributed by atoms with E-state index in [1.54, 1.807) is 23.9 Å². The maximum atomic E-state index is 10.9. The van der Waals surface area contributed by atoms with Crippen molar-refractivity contribution >= 4 is 40.7 Å². The Morgan fingerprint density at radius 2 is 1.96 bits per heavy atom. The average Bonchev–Trinajstić information content (AvgIpc) is 2.99. The molecule has 0 radical (unpaired) electrons. The van der Waals surface area contributed by atoms with Gasteiger partial charge < -0.3 is 4.90 Å². The summed E-state index contributed by atoms with van der Waals surface area (Å²) < 4.78 is 0. The zero-order valence-electron chi connectivity index (χ0n) is 15.7. The molecule has 0 spiro atoms. The second-order valence-corrected chi connectivity index (χ2v) is 7.89. The van der Waals surface area contributed by atoms with E-state index < -0.39 is 0 Å². The van der Waals surface area contributed by atoms with E-state index in [9.17, 15) is 10.1 Å². The average molecular weight is 406 g/mol. The molecule has 1 heterocycles. The first-order valence-corrected chi connectivity index (χ1v) is 9.72. The van der Waals surface area contributed by atoms with Crippen LogP contribution in [0.2, 0.25) is 0 Å². The fourth-order valence-electron chi connectivity index (χ4n) is 3.09. The van der Waals surface area contributed by atoms with Gasteiger partial charge in [-0.1, -0.05) is 55.9 Å². The van der Waals surface area contributed by atoms with E-state index in [0.717, 1.165) is 28.7 Å². The van der Waals surface area contributed by atoms with Crippen molar-refractivity contribution in [2.24, 2.45) is 10.9 Å². The van der Waals surface area contributed by atoms with Gasteiger partial charge in [-0.3, -0.25) is 10.1 Å². The van der Waals surface area contributed by atoms with Gasteiger partial charge in [0.05, 0.1) is 16.7 Å². The second-order valence-electron chi connectivity index (χ2n) is 6.91. The minimum atomic E-state index is -0.370. The Kier molecular flexibility index (Phi) is 7.27. The zero-order valence-corrected chi connectivity index (χ0v) is 17.3. The number of aryl methyl sites for hydroxylation is 1. The Balaban J connectivity index is 0.00000261. The topological polar surface area (TPSA) is 58.7 Å². The van der Waals surface area contributed by atoms with E-state index >= 15 is 0 Å². The summed E-state index contributed by atoms with van der Waals surface area (Å²) in [6, 6.07) is 15.7. The fourth-order valence-corrected chi connectivity index (χ4v) is 4.30. The molecule has 2 aromatic carbocycles. The van der Waals surface area contributed by atoms with Gasteiger partial charge in [-0.2, -0.15) is 0 Å². The number of thioether (sulfide) groups is 1. The molecule has 7 heteroatoms. The highest BCUT2D eigenvalue weighted by atomic mass is 35.5. The second kappa shape index (κ2) is 9.24. The molecule has 3 rings (SSSR count). The molecule has 1 saturated heterocycles. The number of nitrogens with zero attached hydrogens (tertiary/aromatic N) is 3. The number of nitro groups is 1. The van der Waals surface area contributed by atoms with E-state index in [1.807, 2.05) is 13.0 Å². The van der Waals surface area contributed by atoms with Crippen LogP contribution in [0.3, 0.4) is 0 Å². The Bertz CT molecular complexity index is 827. The number of halogens is 1. The highest BCUT2D eigenvalue weighted by Crippen LogP contribution is 2.37. The summed E-state index contributed by atoms with van der Waals surface area (Å²) in [5, 5.41) is 11.9. The van der Waals surface area contributed by atoms with Crippen molar-refractivity contribution in [2.45, 2.75) is 26.8 Å². The lowest BCUT2D eigenvalue weighted by molar-refractivity contribution is -0.384. The van der Waals surface area contributed by atoms with Crippen molar-refractivity contribution in [2.75, 3.05) is 12.3 Å². The molecule has 0 bridgehead atoms. The van der Waals surface area contributed by atoms with Gasteiger partial charge in [0.2, 0.25) is 0 Å². The van der Waals surface area contributed by atoms with Crippen LogP contribution in [0.4, 0.5) is 11.4 Å². The lowest BCUT2D eigenvalue weighted by atomic mass is 10.1. The predicted octanol–water partition coefficient (Wildman–Crippen LogP) is 5.76. The number of hydrogen-bond donors (Lipinski definition) is 0. The van der Waals surface area contributed by atoms with Gasteiger partial charge in [0.1, 0.15) is 0 Å². The smallest absolute Gasteiger partial charge is 0.269 e. The molecule has 0 aliphatic carbocycles. The summed E-state index contributed by atoms with van der Waals surface area (Å²) in [5.41, 5.74) is 3.01. The van der Waals surface area contributed by atoms with E-state index in [4.69, 9.17) is 4.99 Å². The molecule has 0 N–H and O–H groups in total. The monoisotopic (exact) mass is 405 g/mol. The van der Waals surface area contributed by atoms with Gasteiger partial charge in [0.25, 0.3) is 5.69 Å². The largest absolute Gasteiger partial charge is 0.343 e. The van der Waals surface area contributed by atoms with Crippen LogP contribution in [0.25, 0.3) is 0 Å². The molecule has 0 saturated carbocycles. The number of nitro benzene ring substituents is 1. The molecule has 1 fully saturated rings. The number of amidine groups is 1. The minimum absolute atomic E-state index is 0. The van der Waals surface area contributed by atoms with Crippen LogP contribution >= 0.6 is 24.2 Å². The molecule has 1 atom stereocenters. The molecule has 27 heavy (non-hydrogen) atoms. The minimum Gasteiger partial charge on any atom is -0.343 e. The van der Waals surface area contributed by atoms with Crippen LogP contribution in [-0.4, -0.2) is 27.3 Å². The van der Waals surface area contributed by atoms with Crippen LogP contribution in [-0.2, 0) is 0 Å². The molecular formula is C20H24ClN3O2S. The van der Waals surface area contributed by atoms with E-state index in [-0.39, 0.29) is 23.0 Å². The third kappa shape index (κ3) is 5.02. The van der Waals surface area contributed by atoms with E-state index in [1.165, 1.54) is 11.6 Å². The van der Waals surface area contributed by atoms with Gasteiger partial charge in [-0.05, 0) is 30.0 Å². The molecule has 0 aromatic heterocycles. The van der Waals surface area contributed by atoms with Crippen LogP contribution in [0.1, 0.15) is 31.0 Å². The number of hydrogen-bond acceptors (Lipinski definition) is 4. The normalized spacial score (nSPS) is 18.0. The van der Waals surface area contributed by atoms with Crippen molar-refractivity contribution in [1.29, 1.82) is 0 Å². The number of rotatable bonds is 5. The van der Waals surface area contributed by atoms with Crippen molar-refractivity contribution in [3.05, 3.63) is 69.8 Å². The highest BCUT2D eigenvalue weighted by Gasteiger charge is 2.31. The van der Waals surface area contributed by atoms with Gasteiger partial charge in [0.15, 0.2) is 5.17 Å². The van der Waals surface area contributed by atoms with Crippen molar-refractivity contribution in [1.82, 2.24) is 4.90 Å². The number of aliphatic imine (C=N–C) groups is 1. The predicted molar refractivity (Wildman–Crippen MR) is 115 cm³/mol. The first-order valence-electron chi connectivity index (χ1n) is 8.74. The van der Waals surface area contributed by atoms with Gasteiger partial charge in [-0.25, -0.2) is 4.99 Å². The molecular weight excluding hydrogens is 382 g/mol. The third-order valence-electron chi connectivity index (χ3n) is 4.35. The number of benzene rings is 2. The molecule has 1 aliphatic rings. The number of non-ortho nitro benzene ring substituents is 1. The standard InChI is InChI=1S/C20H23N3O2S.ClH/c1-14(2)12-22-19(16-7-5-4-6-8-16)13-26-20(22)21-18-10-9-17(23(24)25)11-15(18)3;/h4-11,14,19H,12-13H2,1-3H3;1H/b21-20-;/t19-;/m1./s1. The maximum absolute atomic E-state index is 10.9. The van der Waals surface area contributed by atoms with Crippen LogP contribution in [0.5, 0.6) is 0 Å². The van der Waals surface area contributed by atoms with Gasteiger partial charge in [0, 0.05) is 24.4 Å². The van der Waals surface area contributed by atoms with E-state index in [0.29, 0.717) is 12.0 Å². The van der Waals surface area contributed by atoms with Crippen molar-refractivity contribution < 1.29 is 4.92 Å². The Labute approximate surface area is 170 Å². The Morgan fingerprint density at radius 1 is 1.26 bits per heavy atom.